The first-order valence-electron chi connectivity index (χ1n) is 9.45. The molecule has 0 spiro atoms. The summed E-state index contributed by atoms with van der Waals surface area (Å²) in [6.45, 7) is 11.4. The van der Waals surface area contributed by atoms with E-state index in [-0.39, 0.29) is 0 Å². The summed E-state index contributed by atoms with van der Waals surface area (Å²) in [5.74, 6) is 2.84. The maximum absolute atomic E-state index is 4.65. The second-order valence-corrected chi connectivity index (χ2v) is 6.67. The predicted molar refractivity (Wildman–Crippen MR) is 103 cm³/mol. The molecule has 0 aromatic carbocycles. The number of rotatable bonds is 7. The summed E-state index contributed by atoms with van der Waals surface area (Å²) < 4.78 is 0. The molecule has 1 fully saturated rings. The van der Waals surface area contributed by atoms with Crippen LogP contribution in [0.2, 0.25) is 0 Å². The van der Waals surface area contributed by atoms with Gasteiger partial charge in [0.05, 0.1) is 6.54 Å². The van der Waals surface area contributed by atoms with Crippen LogP contribution in [-0.4, -0.2) is 37.1 Å². The van der Waals surface area contributed by atoms with Crippen LogP contribution in [0.1, 0.15) is 52.0 Å². The van der Waals surface area contributed by atoms with Crippen LogP contribution in [0.25, 0.3) is 0 Å². The molecule has 5 heteroatoms. The van der Waals surface area contributed by atoms with E-state index in [1.54, 1.807) is 0 Å². The number of aliphatic imine (C=N–C) groups is 1. The molecule has 0 saturated carbocycles. The van der Waals surface area contributed by atoms with Crippen molar-refractivity contribution in [3.63, 3.8) is 0 Å². The van der Waals surface area contributed by atoms with Crippen LogP contribution in [-0.2, 0) is 6.54 Å². The smallest absolute Gasteiger partial charge is 0.191 e. The lowest BCUT2D eigenvalue weighted by Crippen LogP contribution is -2.37. The fourth-order valence-electron chi connectivity index (χ4n) is 2.83. The molecule has 0 amide bonds. The van der Waals surface area contributed by atoms with Crippen LogP contribution >= 0.6 is 0 Å². The van der Waals surface area contributed by atoms with E-state index in [1.807, 2.05) is 6.20 Å². The Hall–Kier alpha value is -1.78. The Morgan fingerprint density at radius 3 is 2.67 bits per heavy atom. The van der Waals surface area contributed by atoms with Gasteiger partial charge in [0.1, 0.15) is 5.82 Å². The highest BCUT2D eigenvalue weighted by Crippen LogP contribution is 2.21. The van der Waals surface area contributed by atoms with Crippen molar-refractivity contribution in [2.24, 2.45) is 10.9 Å². The van der Waals surface area contributed by atoms with E-state index in [0.717, 1.165) is 55.9 Å². The van der Waals surface area contributed by atoms with Crippen molar-refractivity contribution in [1.82, 2.24) is 15.6 Å². The van der Waals surface area contributed by atoms with Gasteiger partial charge in [-0.3, -0.25) is 0 Å². The molecular formula is C19H33N5. The summed E-state index contributed by atoms with van der Waals surface area (Å²) in [6.07, 6.45) is 6.85. The van der Waals surface area contributed by atoms with Gasteiger partial charge >= 0.3 is 0 Å². The number of anilines is 1. The third-order valence-corrected chi connectivity index (χ3v) is 4.50. The summed E-state index contributed by atoms with van der Waals surface area (Å²) in [5.41, 5.74) is 1.15. The van der Waals surface area contributed by atoms with E-state index in [1.165, 1.54) is 19.3 Å². The Morgan fingerprint density at radius 2 is 2.04 bits per heavy atom. The van der Waals surface area contributed by atoms with Gasteiger partial charge in [0.15, 0.2) is 5.96 Å². The molecule has 0 aliphatic carbocycles. The van der Waals surface area contributed by atoms with E-state index >= 15 is 0 Å². The molecule has 5 nitrogen and oxygen atoms in total. The fraction of sp³-hybridized carbons (Fsp3) is 0.684. The van der Waals surface area contributed by atoms with E-state index in [9.17, 15) is 0 Å². The molecule has 1 aromatic rings. The van der Waals surface area contributed by atoms with Crippen molar-refractivity contribution in [2.45, 2.75) is 53.0 Å². The number of unbranched alkanes of at least 4 members (excludes halogenated alkanes) is 1. The van der Waals surface area contributed by atoms with E-state index in [0.29, 0.717) is 6.54 Å². The molecule has 1 aliphatic heterocycles. The van der Waals surface area contributed by atoms with Crippen LogP contribution in [0.3, 0.4) is 0 Å². The van der Waals surface area contributed by atoms with Gasteiger partial charge in [0.25, 0.3) is 0 Å². The maximum atomic E-state index is 4.65. The third kappa shape index (κ3) is 6.02. The van der Waals surface area contributed by atoms with Crippen molar-refractivity contribution < 1.29 is 0 Å². The lowest BCUT2D eigenvalue weighted by atomic mass is 9.99. The first-order chi connectivity index (χ1) is 11.7. The highest BCUT2D eigenvalue weighted by molar-refractivity contribution is 5.79. The first kappa shape index (κ1) is 18.6. The van der Waals surface area contributed by atoms with Crippen LogP contribution in [0.5, 0.6) is 0 Å². The van der Waals surface area contributed by atoms with E-state index in [4.69, 9.17) is 0 Å². The number of nitrogens with zero attached hydrogens (tertiary/aromatic N) is 3. The molecule has 2 N–H and O–H groups in total. The number of hydrogen-bond donors (Lipinski definition) is 2. The number of pyridine rings is 1. The normalized spacial score (nSPS) is 16.3. The lowest BCUT2D eigenvalue weighted by Gasteiger charge is -2.31. The van der Waals surface area contributed by atoms with Crippen LogP contribution < -0.4 is 15.5 Å². The average molecular weight is 332 g/mol. The van der Waals surface area contributed by atoms with E-state index < -0.39 is 0 Å². The zero-order valence-electron chi connectivity index (χ0n) is 15.5. The summed E-state index contributed by atoms with van der Waals surface area (Å²) >= 11 is 0. The minimum Gasteiger partial charge on any atom is -0.357 e. The van der Waals surface area contributed by atoms with Gasteiger partial charge in [0, 0.05) is 32.4 Å². The number of aromatic nitrogens is 1. The Labute approximate surface area is 147 Å². The monoisotopic (exact) mass is 331 g/mol. The van der Waals surface area contributed by atoms with Gasteiger partial charge in [-0.1, -0.05) is 26.3 Å². The van der Waals surface area contributed by atoms with Crippen molar-refractivity contribution in [3.8, 4) is 0 Å². The number of nitrogens with one attached hydrogen (secondary N) is 2. The minimum atomic E-state index is 0.659. The fourth-order valence-corrected chi connectivity index (χ4v) is 2.83. The largest absolute Gasteiger partial charge is 0.357 e. The Balaban J connectivity index is 1.88. The Morgan fingerprint density at radius 1 is 1.25 bits per heavy atom. The van der Waals surface area contributed by atoms with Gasteiger partial charge in [-0.25, -0.2) is 9.98 Å². The van der Waals surface area contributed by atoms with Crippen LogP contribution in [0, 0.1) is 5.92 Å². The van der Waals surface area contributed by atoms with Crippen molar-refractivity contribution in [2.75, 3.05) is 31.1 Å². The summed E-state index contributed by atoms with van der Waals surface area (Å²) in [5, 5.41) is 6.66. The summed E-state index contributed by atoms with van der Waals surface area (Å²) in [7, 11) is 0. The van der Waals surface area contributed by atoms with Crippen molar-refractivity contribution in [3.05, 3.63) is 23.9 Å². The lowest BCUT2D eigenvalue weighted by molar-refractivity contribution is 0.436. The van der Waals surface area contributed by atoms with E-state index in [2.05, 4.69) is 58.4 Å². The molecule has 0 radical (unpaired) electrons. The van der Waals surface area contributed by atoms with Gasteiger partial charge in [-0.05, 0) is 43.7 Å². The molecule has 1 aromatic heterocycles. The molecule has 2 heterocycles. The standard InChI is InChI=1S/C19H33N5/c1-4-6-11-21-19(20-5-2)23-15-17-7-8-18(22-14-17)24-12-9-16(3)10-13-24/h7-8,14,16H,4-6,9-13,15H2,1-3H3,(H2,20,21,23). The zero-order valence-corrected chi connectivity index (χ0v) is 15.5. The van der Waals surface area contributed by atoms with Crippen molar-refractivity contribution >= 4 is 11.8 Å². The molecule has 134 valence electrons. The average Bonchev–Trinajstić information content (AvgIpc) is 2.61. The minimum absolute atomic E-state index is 0.659. The van der Waals surface area contributed by atoms with Gasteiger partial charge in [-0.2, -0.15) is 0 Å². The highest BCUT2D eigenvalue weighted by Gasteiger charge is 2.16. The zero-order chi connectivity index (χ0) is 17.2. The van der Waals surface area contributed by atoms with Crippen molar-refractivity contribution in [1.29, 1.82) is 0 Å². The topological polar surface area (TPSA) is 52.6 Å². The van der Waals surface area contributed by atoms with Gasteiger partial charge < -0.3 is 15.5 Å². The Kier molecular flexibility index (Phi) is 7.86. The van der Waals surface area contributed by atoms with Crippen LogP contribution in [0.4, 0.5) is 5.82 Å². The SMILES string of the molecule is CCCCNC(=NCc1ccc(N2CCC(C)CC2)nc1)NCC. The molecule has 1 aliphatic rings. The Bertz CT molecular complexity index is 489. The molecule has 0 bridgehead atoms. The summed E-state index contributed by atoms with van der Waals surface area (Å²) in [6, 6.07) is 4.29. The van der Waals surface area contributed by atoms with Gasteiger partial charge in [0.2, 0.25) is 0 Å². The second-order valence-electron chi connectivity index (χ2n) is 6.67. The first-order valence-corrected chi connectivity index (χ1v) is 9.45. The molecule has 2 rings (SSSR count). The third-order valence-electron chi connectivity index (χ3n) is 4.50. The predicted octanol–water partition coefficient (Wildman–Crippen LogP) is 3.17. The summed E-state index contributed by atoms with van der Waals surface area (Å²) in [4.78, 5) is 11.7. The molecule has 0 unspecified atom stereocenters. The molecule has 0 atom stereocenters. The molecular weight excluding hydrogens is 298 g/mol. The number of hydrogen-bond acceptors (Lipinski definition) is 3. The maximum Gasteiger partial charge on any atom is 0.191 e. The molecule has 24 heavy (non-hydrogen) atoms. The molecule has 1 saturated heterocycles. The highest BCUT2D eigenvalue weighted by atomic mass is 15.2. The number of guanidine groups is 1. The quantitative estimate of drug-likeness (QED) is 0.458. The van der Waals surface area contributed by atoms with Crippen LogP contribution in [0.15, 0.2) is 23.3 Å². The number of piperidine rings is 1. The van der Waals surface area contributed by atoms with Gasteiger partial charge in [-0.15, -0.1) is 0 Å². The second kappa shape index (κ2) is 10.2.